The van der Waals surface area contributed by atoms with Gasteiger partial charge in [0.2, 0.25) is 10.0 Å². The number of ether oxygens (including phenoxy) is 1. The Labute approximate surface area is 195 Å². The summed E-state index contributed by atoms with van der Waals surface area (Å²) in [6.45, 7) is 7.46. The highest BCUT2D eigenvalue weighted by molar-refractivity contribution is 7.89. The Kier molecular flexibility index (Phi) is 6.69. The number of aryl methyl sites for hydroxylation is 2. The van der Waals surface area contributed by atoms with Crippen molar-refractivity contribution in [1.29, 1.82) is 0 Å². The molecule has 1 fully saturated rings. The van der Waals surface area contributed by atoms with Gasteiger partial charge in [-0.2, -0.15) is 4.31 Å². The summed E-state index contributed by atoms with van der Waals surface area (Å²) < 4.78 is 35.1. The summed E-state index contributed by atoms with van der Waals surface area (Å²) in [5.74, 6) is -0.236. The van der Waals surface area contributed by atoms with Crippen LogP contribution in [0.5, 0.6) is 0 Å². The van der Waals surface area contributed by atoms with E-state index in [0.717, 1.165) is 22.6 Å². The molecule has 0 saturated carbocycles. The SMILES string of the molecule is Cc1cccc(-n2c(C)cc(C(=O)NCc3ccccc3S(=O)(=O)N3CCOCC3)c2C)c1. The molecule has 1 aliphatic heterocycles. The van der Waals surface area contributed by atoms with Crippen LogP contribution < -0.4 is 5.32 Å². The van der Waals surface area contributed by atoms with E-state index in [9.17, 15) is 13.2 Å². The van der Waals surface area contributed by atoms with Crippen LogP contribution in [0, 0.1) is 20.8 Å². The normalized spacial score (nSPS) is 14.9. The number of morpholine rings is 1. The minimum Gasteiger partial charge on any atom is -0.379 e. The van der Waals surface area contributed by atoms with E-state index in [2.05, 4.69) is 16.0 Å². The molecule has 1 aromatic heterocycles. The molecule has 0 atom stereocenters. The van der Waals surface area contributed by atoms with Crippen molar-refractivity contribution in [2.75, 3.05) is 26.3 Å². The van der Waals surface area contributed by atoms with Crippen LogP contribution in [-0.2, 0) is 21.3 Å². The second kappa shape index (κ2) is 9.51. The van der Waals surface area contributed by atoms with Gasteiger partial charge in [-0.25, -0.2) is 8.42 Å². The maximum atomic E-state index is 13.2. The number of benzene rings is 2. The molecule has 0 spiro atoms. The van der Waals surface area contributed by atoms with Crippen molar-refractivity contribution in [3.05, 3.63) is 82.7 Å². The van der Waals surface area contributed by atoms with Gasteiger partial charge in [-0.05, 0) is 56.2 Å². The van der Waals surface area contributed by atoms with E-state index in [1.807, 2.05) is 45.0 Å². The zero-order valence-electron chi connectivity index (χ0n) is 19.2. The van der Waals surface area contributed by atoms with Gasteiger partial charge in [-0.1, -0.05) is 30.3 Å². The smallest absolute Gasteiger partial charge is 0.253 e. The van der Waals surface area contributed by atoms with Crippen LogP contribution in [0.4, 0.5) is 0 Å². The van der Waals surface area contributed by atoms with E-state index in [1.54, 1.807) is 24.3 Å². The van der Waals surface area contributed by atoms with E-state index < -0.39 is 10.0 Å². The molecule has 3 aromatic rings. The van der Waals surface area contributed by atoms with Crippen LogP contribution in [0.25, 0.3) is 5.69 Å². The standard InChI is InChI=1S/C25H29N3O4S/c1-18-7-6-9-22(15-18)28-19(2)16-23(20(28)3)25(29)26-17-21-8-4-5-10-24(21)33(30,31)27-11-13-32-14-12-27/h4-10,15-16H,11-14,17H2,1-3H3,(H,26,29). The van der Waals surface area contributed by atoms with Crippen LogP contribution in [-0.4, -0.2) is 49.5 Å². The Hall–Kier alpha value is -2.94. The second-order valence-electron chi connectivity index (χ2n) is 8.27. The first kappa shape index (κ1) is 23.2. The van der Waals surface area contributed by atoms with Gasteiger partial charge < -0.3 is 14.6 Å². The maximum absolute atomic E-state index is 13.2. The number of hydrogen-bond acceptors (Lipinski definition) is 4. The Balaban J connectivity index is 1.56. The molecule has 8 heteroatoms. The fraction of sp³-hybridized carbons (Fsp3) is 0.320. The lowest BCUT2D eigenvalue weighted by Crippen LogP contribution is -2.41. The maximum Gasteiger partial charge on any atom is 0.253 e. The van der Waals surface area contributed by atoms with Gasteiger partial charge in [-0.3, -0.25) is 4.79 Å². The third kappa shape index (κ3) is 4.73. The molecule has 7 nitrogen and oxygen atoms in total. The molecule has 0 radical (unpaired) electrons. The molecule has 1 N–H and O–H groups in total. The first-order chi connectivity index (χ1) is 15.8. The van der Waals surface area contributed by atoms with Gasteiger partial charge >= 0.3 is 0 Å². The second-order valence-corrected chi connectivity index (χ2v) is 10.2. The molecule has 1 amide bonds. The lowest BCUT2D eigenvalue weighted by molar-refractivity contribution is 0.0730. The predicted octanol–water partition coefficient (Wildman–Crippen LogP) is 3.35. The van der Waals surface area contributed by atoms with E-state index in [1.165, 1.54) is 4.31 Å². The number of nitrogens with one attached hydrogen (secondary N) is 1. The van der Waals surface area contributed by atoms with Crippen molar-refractivity contribution in [3.8, 4) is 5.69 Å². The van der Waals surface area contributed by atoms with Gasteiger partial charge in [0.1, 0.15) is 0 Å². The number of amides is 1. The summed E-state index contributed by atoms with van der Waals surface area (Å²) in [7, 11) is -3.66. The van der Waals surface area contributed by atoms with Crippen molar-refractivity contribution in [3.63, 3.8) is 0 Å². The highest BCUT2D eigenvalue weighted by Gasteiger charge is 2.28. The van der Waals surface area contributed by atoms with Gasteiger partial charge in [0.05, 0.1) is 23.7 Å². The fourth-order valence-electron chi connectivity index (χ4n) is 4.26. The topological polar surface area (TPSA) is 80.6 Å². The Morgan fingerprint density at radius 3 is 2.45 bits per heavy atom. The number of aromatic nitrogens is 1. The predicted molar refractivity (Wildman–Crippen MR) is 127 cm³/mol. The van der Waals surface area contributed by atoms with Crippen molar-refractivity contribution in [2.45, 2.75) is 32.2 Å². The number of carbonyl (C=O) groups excluding carboxylic acids is 1. The van der Waals surface area contributed by atoms with E-state index in [0.29, 0.717) is 37.4 Å². The summed E-state index contributed by atoms with van der Waals surface area (Å²) in [5, 5.41) is 2.91. The van der Waals surface area contributed by atoms with Gasteiger partial charge in [0, 0.05) is 36.7 Å². The summed E-state index contributed by atoms with van der Waals surface area (Å²) in [5.41, 5.74) is 5.07. The third-order valence-corrected chi connectivity index (χ3v) is 7.93. The molecule has 0 bridgehead atoms. The molecule has 0 unspecified atom stereocenters. The number of nitrogens with zero attached hydrogens (tertiary/aromatic N) is 2. The summed E-state index contributed by atoms with van der Waals surface area (Å²) >= 11 is 0. The summed E-state index contributed by atoms with van der Waals surface area (Å²) in [4.78, 5) is 13.3. The van der Waals surface area contributed by atoms with Crippen LogP contribution in [0.1, 0.15) is 32.9 Å². The van der Waals surface area contributed by atoms with Crippen molar-refractivity contribution < 1.29 is 17.9 Å². The van der Waals surface area contributed by atoms with E-state index in [4.69, 9.17) is 4.74 Å². The molecule has 1 saturated heterocycles. The largest absolute Gasteiger partial charge is 0.379 e. The van der Waals surface area contributed by atoms with Crippen molar-refractivity contribution >= 4 is 15.9 Å². The molecule has 2 heterocycles. The van der Waals surface area contributed by atoms with Crippen LogP contribution in [0.2, 0.25) is 0 Å². The molecule has 0 aliphatic carbocycles. The fourth-order valence-corrected chi connectivity index (χ4v) is 5.89. The van der Waals surface area contributed by atoms with E-state index in [-0.39, 0.29) is 17.3 Å². The van der Waals surface area contributed by atoms with Crippen LogP contribution in [0.15, 0.2) is 59.5 Å². The highest BCUT2D eigenvalue weighted by atomic mass is 32.2. The zero-order valence-corrected chi connectivity index (χ0v) is 20.0. The number of rotatable bonds is 6. The zero-order chi connectivity index (χ0) is 23.6. The minimum absolute atomic E-state index is 0.118. The molecule has 33 heavy (non-hydrogen) atoms. The molecule has 2 aromatic carbocycles. The average molecular weight is 468 g/mol. The van der Waals surface area contributed by atoms with Gasteiger partial charge in [0.25, 0.3) is 5.91 Å². The summed E-state index contributed by atoms with van der Waals surface area (Å²) in [6, 6.07) is 16.8. The van der Waals surface area contributed by atoms with Crippen LogP contribution >= 0.6 is 0 Å². The van der Waals surface area contributed by atoms with Crippen molar-refractivity contribution in [2.24, 2.45) is 0 Å². The Morgan fingerprint density at radius 2 is 1.73 bits per heavy atom. The Bertz CT molecular complexity index is 1270. The first-order valence-electron chi connectivity index (χ1n) is 11.0. The van der Waals surface area contributed by atoms with Crippen molar-refractivity contribution in [1.82, 2.24) is 14.2 Å². The minimum atomic E-state index is -3.66. The van der Waals surface area contributed by atoms with E-state index >= 15 is 0 Å². The number of sulfonamides is 1. The monoisotopic (exact) mass is 467 g/mol. The van der Waals surface area contributed by atoms with Crippen LogP contribution in [0.3, 0.4) is 0 Å². The van der Waals surface area contributed by atoms with Gasteiger partial charge in [0.15, 0.2) is 0 Å². The number of hydrogen-bond donors (Lipinski definition) is 1. The lowest BCUT2D eigenvalue weighted by atomic mass is 10.2. The lowest BCUT2D eigenvalue weighted by Gasteiger charge is -2.27. The third-order valence-electron chi connectivity index (χ3n) is 5.94. The van der Waals surface area contributed by atoms with Gasteiger partial charge in [-0.15, -0.1) is 0 Å². The molecular formula is C25H29N3O4S. The number of carbonyl (C=O) groups is 1. The quantitative estimate of drug-likeness (QED) is 0.603. The average Bonchev–Trinajstić information content (AvgIpc) is 3.12. The highest BCUT2D eigenvalue weighted by Crippen LogP contribution is 2.23. The molecular weight excluding hydrogens is 438 g/mol. The molecule has 174 valence electrons. The first-order valence-corrected chi connectivity index (χ1v) is 12.4. The summed E-state index contributed by atoms with van der Waals surface area (Å²) in [6.07, 6.45) is 0. The Morgan fingerprint density at radius 1 is 1.00 bits per heavy atom. The molecule has 1 aliphatic rings. The molecule has 4 rings (SSSR count).